The van der Waals surface area contributed by atoms with Gasteiger partial charge in [0.15, 0.2) is 0 Å². The summed E-state index contributed by atoms with van der Waals surface area (Å²) in [5.74, 6) is -0.451. The molecule has 8 heteroatoms. The number of nitrogens with one attached hydrogen (secondary N) is 1. The number of benzene rings is 3. The zero-order valence-corrected chi connectivity index (χ0v) is 26.1. The number of amides is 2. The minimum absolute atomic E-state index is 0.0984. The Labute approximate surface area is 245 Å². The third-order valence-electron chi connectivity index (χ3n) is 7.34. The van der Waals surface area contributed by atoms with Gasteiger partial charge in [0.05, 0.1) is 10.6 Å². The fourth-order valence-corrected chi connectivity index (χ4v) is 5.97. The molecular formula is C33H43N3O4S. The van der Waals surface area contributed by atoms with Crippen molar-refractivity contribution < 1.29 is 18.0 Å². The number of hydrogen-bond donors (Lipinski definition) is 1. The molecule has 3 aromatic rings. The summed E-state index contributed by atoms with van der Waals surface area (Å²) in [5.41, 5.74) is 5.14. The van der Waals surface area contributed by atoms with Gasteiger partial charge >= 0.3 is 0 Å². The van der Waals surface area contributed by atoms with Gasteiger partial charge in [-0.15, -0.1) is 0 Å². The van der Waals surface area contributed by atoms with Crippen LogP contribution in [0.1, 0.15) is 55.0 Å². The van der Waals surface area contributed by atoms with Crippen molar-refractivity contribution in [2.45, 2.75) is 72.4 Å². The molecule has 1 unspecified atom stereocenters. The lowest BCUT2D eigenvalue weighted by Gasteiger charge is -2.33. The first-order valence-electron chi connectivity index (χ1n) is 14.1. The number of sulfonamides is 1. The average molecular weight is 578 g/mol. The maximum atomic E-state index is 14.2. The van der Waals surface area contributed by atoms with E-state index in [-0.39, 0.29) is 23.3 Å². The molecule has 3 rings (SSSR count). The third kappa shape index (κ3) is 7.97. The van der Waals surface area contributed by atoms with Gasteiger partial charge in [-0.3, -0.25) is 13.9 Å². The van der Waals surface area contributed by atoms with Crippen molar-refractivity contribution in [1.29, 1.82) is 0 Å². The van der Waals surface area contributed by atoms with E-state index in [0.717, 1.165) is 32.1 Å². The van der Waals surface area contributed by atoms with Gasteiger partial charge in [-0.2, -0.15) is 0 Å². The monoisotopic (exact) mass is 577 g/mol. The summed E-state index contributed by atoms with van der Waals surface area (Å²) in [6.45, 7) is 13.8. The second kappa shape index (κ2) is 13.8. The Morgan fingerprint density at radius 2 is 1.51 bits per heavy atom. The molecule has 0 aliphatic rings. The van der Waals surface area contributed by atoms with Crippen molar-refractivity contribution in [1.82, 2.24) is 10.2 Å². The van der Waals surface area contributed by atoms with Gasteiger partial charge in [-0.05, 0) is 86.6 Å². The number of hydrogen-bond acceptors (Lipinski definition) is 4. The highest BCUT2D eigenvalue weighted by Crippen LogP contribution is 2.27. The van der Waals surface area contributed by atoms with Gasteiger partial charge in [0.2, 0.25) is 11.8 Å². The van der Waals surface area contributed by atoms with Crippen LogP contribution in [0.2, 0.25) is 0 Å². The summed E-state index contributed by atoms with van der Waals surface area (Å²) in [6, 6.07) is 18.9. The van der Waals surface area contributed by atoms with Crippen LogP contribution >= 0.6 is 0 Å². The molecule has 1 N–H and O–H groups in total. The number of anilines is 1. The van der Waals surface area contributed by atoms with Gasteiger partial charge in [0.25, 0.3) is 10.0 Å². The van der Waals surface area contributed by atoms with E-state index in [2.05, 4.69) is 5.32 Å². The van der Waals surface area contributed by atoms with Gasteiger partial charge in [-0.25, -0.2) is 8.42 Å². The third-order valence-corrected chi connectivity index (χ3v) is 9.13. The van der Waals surface area contributed by atoms with E-state index in [0.29, 0.717) is 18.7 Å². The molecule has 0 aliphatic carbocycles. The molecule has 0 aliphatic heterocycles. The zero-order valence-electron chi connectivity index (χ0n) is 25.3. The minimum atomic E-state index is -4.10. The summed E-state index contributed by atoms with van der Waals surface area (Å²) in [5, 5.41) is 2.96. The Morgan fingerprint density at radius 3 is 2.10 bits per heavy atom. The lowest BCUT2D eigenvalue weighted by atomic mass is 10.1. The van der Waals surface area contributed by atoms with Crippen LogP contribution in [0, 0.1) is 33.6 Å². The van der Waals surface area contributed by atoms with Crippen LogP contribution < -0.4 is 9.62 Å². The minimum Gasteiger partial charge on any atom is -0.354 e. The SMILES string of the molecule is CCC(C(=O)NCC(C)C)N(Cc1ccccc1C)C(=O)CN(c1ccc(C)c(C)c1)S(=O)(=O)c1ccc(C)cc1. The van der Waals surface area contributed by atoms with Crippen LogP contribution in [0.4, 0.5) is 5.69 Å². The topological polar surface area (TPSA) is 86.8 Å². The number of carbonyl (C=O) groups is 2. The molecule has 1 atom stereocenters. The fourth-order valence-electron chi connectivity index (χ4n) is 4.56. The second-order valence-electron chi connectivity index (χ2n) is 11.1. The largest absolute Gasteiger partial charge is 0.354 e. The van der Waals surface area contributed by atoms with Crippen LogP contribution in [-0.4, -0.2) is 44.3 Å². The number of carbonyl (C=O) groups excluding carboxylic acids is 2. The van der Waals surface area contributed by atoms with Crippen molar-refractivity contribution in [2.75, 3.05) is 17.4 Å². The summed E-state index contributed by atoms with van der Waals surface area (Å²) in [4.78, 5) is 29.2. The Bertz CT molecular complexity index is 1470. The van der Waals surface area contributed by atoms with E-state index in [1.54, 1.807) is 36.4 Å². The molecule has 0 saturated heterocycles. The fraction of sp³-hybridized carbons (Fsp3) is 0.394. The summed E-state index contributed by atoms with van der Waals surface area (Å²) in [7, 11) is -4.10. The first kappa shape index (κ1) is 31.9. The van der Waals surface area contributed by atoms with E-state index in [9.17, 15) is 18.0 Å². The average Bonchev–Trinajstić information content (AvgIpc) is 2.93. The van der Waals surface area contributed by atoms with E-state index >= 15 is 0 Å². The van der Waals surface area contributed by atoms with Gasteiger partial charge in [-0.1, -0.05) is 68.8 Å². The van der Waals surface area contributed by atoms with Crippen molar-refractivity contribution in [3.05, 3.63) is 94.5 Å². The van der Waals surface area contributed by atoms with Crippen LogP contribution in [0.15, 0.2) is 71.6 Å². The van der Waals surface area contributed by atoms with Crippen molar-refractivity contribution in [2.24, 2.45) is 5.92 Å². The van der Waals surface area contributed by atoms with E-state index in [1.807, 2.05) is 78.8 Å². The molecule has 220 valence electrons. The summed E-state index contributed by atoms with van der Waals surface area (Å²) >= 11 is 0. The van der Waals surface area contributed by atoms with Crippen LogP contribution in [0.3, 0.4) is 0 Å². The molecule has 0 bridgehead atoms. The highest BCUT2D eigenvalue weighted by Gasteiger charge is 2.34. The molecule has 0 radical (unpaired) electrons. The van der Waals surface area contributed by atoms with E-state index < -0.39 is 28.5 Å². The van der Waals surface area contributed by atoms with Gasteiger partial charge < -0.3 is 10.2 Å². The second-order valence-corrected chi connectivity index (χ2v) is 13.0. The molecule has 7 nitrogen and oxygen atoms in total. The molecule has 0 heterocycles. The van der Waals surface area contributed by atoms with Crippen molar-refractivity contribution in [3.8, 4) is 0 Å². The van der Waals surface area contributed by atoms with Crippen LogP contribution in [-0.2, 0) is 26.2 Å². The number of aryl methyl sites for hydroxylation is 4. The summed E-state index contributed by atoms with van der Waals surface area (Å²) < 4.78 is 29.2. The smallest absolute Gasteiger partial charge is 0.264 e. The maximum Gasteiger partial charge on any atom is 0.264 e. The maximum absolute atomic E-state index is 14.2. The van der Waals surface area contributed by atoms with Crippen LogP contribution in [0.5, 0.6) is 0 Å². The lowest BCUT2D eigenvalue weighted by Crippen LogP contribution is -2.52. The number of nitrogens with zero attached hydrogens (tertiary/aromatic N) is 2. The molecule has 0 aromatic heterocycles. The molecule has 41 heavy (non-hydrogen) atoms. The molecule has 3 aromatic carbocycles. The zero-order chi connectivity index (χ0) is 30.3. The Kier molecular flexibility index (Phi) is 10.7. The predicted molar refractivity (Wildman–Crippen MR) is 165 cm³/mol. The Hall–Kier alpha value is -3.65. The van der Waals surface area contributed by atoms with Gasteiger partial charge in [0, 0.05) is 13.1 Å². The lowest BCUT2D eigenvalue weighted by molar-refractivity contribution is -0.140. The normalized spacial score (nSPS) is 12.2. The van der Waals surface area contributed by atoms with E-state index in [1.165, 1.54) is 4.90 Å². The summed E-state index contributed by atoms with van der Waals surface area (Å²) in [6.07, 6.45) is 0.385. The predicted octanol–water partition coefficient (Wildman–Crippen LogP) is 5.70. The van der Waals surface area contributed by atoms with Crippen LogP contribution in [0.25, 0.3) is 0 Å². The van der Waals surface area contributed by atoms with Gasteiger partial charge in [0.1, 0.15) is 12.6 Å². The highest BCUT2D eigenvalue weighted by molar-refractivity contribution is 7.92. The number of rotatable bonds is 12. The van der Waals surface area contributed by atoms with E-state index in [4.69, 9.17) is 0 Å². The first-order valence-corrected chi connectivity index (χ1v) is 15.6. The molecule has 0 saturated carbocycles. The Balaban J connectivity index is 2.08. The molecule has 2 amide bonds. The first-order chi connectivity index (χ1) is 19.3. The van der Waals surface area contributed by atoms with Crippen molar-refractivity contribution >= 4 is 27.5 Å². The van der Waals surface area contributed by atoms with Crippen molar-refractivity contribution in [3.63, 3.8) is 0 Å². The quantitative estimate of drug-likeness (QED) is 0.299. The Morgan fingerprint density at radius 1 is 0.854 bits per heavy atom. The molecule has 0 fully saturated rings. The molecule has 0 spiro atoms. The highest BCUT2D eigenvalue weighted by atomic mass is 32.2. The molecular weight excluding hydrogens is 534 g/mol. The standard InChI is InChI=1S/C33H43N3O4S/c1-8-31(33(38)34-20-23(2)3)35(21-28-12-10-9-11-26(28)6)32(37)22-36(29-16-15-25(5)27(7)19-29)41(39,40)30-17-13-24(4)14-18-30/h9-19,23,31H,8,20-22H2,1-7H3,(H,34,38).